The van der Waals surface area contributed by atoms with E-state index in [9.17, 15) is 9.59 Å². The van der Waals surface area contributed by atoms with Crippen LogP contribution in [0.15, 0.2) is 67.0 Å². The molecule has 7 nitrogen and oxygen atoms in total. The fraction of sp³-hybridized carbons (Fsp3) is 0.208. The van der Waals surface area contributed by atoms with E-state index in [-0.39, 0.29) is 19.1 Å². The van der Waals surface area contributed by atoms with Gasteiger partial charge in [-0.2, -0.15) is 5.10 Å². The van der Waals surface area contributed by atoms with Crippen LogP contribution in [0.1, 0.15) is 35.6 Å². The Labute approximate surface area is 180 Å². The third kappa shape index (κ3) is 4.35. The second-order valence-electron chi connectivity index (χ2n) is 7.38. The molecule has 0 unspecified atom stereocenters. The largest absolute Gasteiger partial charge is 0.480 e. The number of aliphatic carboxylic acids is 1. The zero-order valence-electron chi connectivity index (χ0n) is 17.1. The average molecular weight is 417 g/mol. The number of benzene rings is 2. The third-order valence-corrected chi connectivity index (χ3v) is 5.39. The Kier molecular flexibility index (Phi) is 5.84. The molecule has 7 heteroatoms. The fourth-order valence-corrected chi connectivity index (χ4v) is 3.75. The standard InChI is InChI=1S/C24H23N3O4/c1-16(23(28)29)27-14-17(13-26-27)7-6-12-25-24(30)31-15-22-20-10-4-2-8-18(20)19-9-3-5-11-21(19)22/h2-11,13-14,16,22H,12,15H2,1H3,(H,25,30)(H,28,29)/t16-/m0/s1. The minimum atomic E-state index is -0.949. The summed E-state index contributed by atoms with van der Waals surface area (Å²) >= 11 is 0. The van der Waals surface area contributed by atoms with Gasteiger partial charge >= 0.3 is 12.1 Å². The van der Waals surface area contributed by atoms with E-state index in [2.05, 4.69) is 34.7 Å². The zero-order chi connectivity index (χ0) is 21.8. The number of carbonyl (C=O) groups excluding carboxylic acids is 1. The fourth-order valence-electron chi connectivity index (χ4n) is 3.75. The molecule has 0 saturated heterocycles. The summed E-state index contributed by atoms with van der Waals surface area (Å²) in [6.45, 7) is 2.11. The van der Waals surface area contributed by atoms with Gasteiger partial charge in [0.15, 0.2) is 0 Å². The molecule has 1 heterocycles. The number of carboxylic acids is 1. The Balaban J connectivity index is 1.30. The van der Waals surface area contributed by atoms with Gasteiger partial charge in [0.1, 0.15) is 12.6 Å². The summed E-state index contributed by atoms with van der Waals surface area (Å²) in [5, 5.41) is 15.8. The molecule has 0 radical (unpaired) electrons. The van der Waals surface area contributed by atoms with Crippen LogP contribution in [0.25, 0.3) is 17.2 Å². The molecule has 4 rings (SSSR count). The van der Waals surface area contributed by atoms with Crippen LogP contribution < -0.4 is 5.32 Å². The van der Waals surface area contributed by atoms with Gasteiger partial charge < -0.3 is 15.2 Å². The summed E-state index contributed by atoms with van der Waals surface area (Å²) in [5.41, 5.74) is 5.47. The molecule has 1 aliphatic rings. The first-order valence-electron chi connectivity index (χ1n) is 10.1. The monoisotopic (exact) mass is 417 g/mol. The number of nitrogens with one attached hydrogen (secondary N) is 1. The number of alkyl carbamates (subject to hydrolysis) is 1. The first kappa shape index (κ1) is 20.4. The number of hydrogen-bond acceptors (Lipinski definition) is 4. The van der Waals surface area contributed by atoms with Gasteiger partial charge in [-0.25, -0.2) is 9.59 Å². The van der Waals surface area contributed by atoms with E-state index in [0.29, 0.717) is 0 Å². The molecule has 0 spiro atoms. The summed E-state index contributed by atoms with van der Waals surface area (Å²) in [6, 6.07) is 15.7. The predicted octanol–water partition coefficient (Wildman–Crippen LogP) is 4.08. The van der Waals surface area contributed by atoms with E-state index in [0.717, 1.165) is 5.56 Å². The number of nitrogens with zero attached hydrogens (tertiary/aromatic N) is 2. The first-order valence-corrected chi connectivity index (χ1v) is 10.1. The van der Waals surface area contributed by atoms with Crippen molar-refractivity contribution in [2.45, 2.75) is 18.9 Å². The average Bonchev–Trinajstić information content (AvgIpc) is 3.37. The van der Waals surface area contributed by atoms with Crippen molar-refractivity contribution < 1.29 is 19.4 Å². The van der Waals surface area contributed by atoms with Crippen molar-refractivity contribution >= 4 is 18.1 Å². The van der Waals surface area contributed by atoms with Crippen molar-refractivity contribution in [3.05, 3.63) is 83.7 Å². The lowest BCUT2D eigenvalue weighted by Gasteiger charge is -2.14. The van der Waals surface area contributed by atoms with Crippen LogP contribution >= 0.6 is 0 Å². The number of amides is 1. The minimum Gasteiger partial charge on any atom is -0.480 e. The molecule has 1 atom stereocenters. The van der Waals surface area contributed by atoms with Gasteiger partial charge in [-0.3, -0.25) is 4.68 Å². The summed E-state index contributed by atoms with van der Waals surface area (Å²) in [6.07, 6.45) is 6.25. The zero-order valence-corrected chi connectivity index (χ0v) is 17.1. The molecule has 1 amide bonds. The molecule has 2 N–H and O–H groups in total. The van der Waals surface area contributed by atoms with Crippen LogP contribution in [0.2, 0.25) is 0 Å². The van der Waals surface area contributed by atoms with Crippen LogP contribution in [0, 0.1) is 0 Å². The highest BCUT2D eigenvalue weighted by atomic mass is 16.5. The van der Waals surface area contributed by atoms with Crippen molar-refractivity contribution in [3.63, 3.8) is 0 Å². The van der Waals surface area contributed by atoms with Crippen molar-refractivity contribution in [1.29, 1.82) is 0 Å². The quantitative estimate of drug-likeness (QED) is 0.604. The smallest absolute Gasteiger partial charge is 0.407 e. The Morgan fingerprint density at radius 3 is 2.45 bits per heavy atom. The highest BCUT2D eigenvalue weighted by molar-refractivity contribution is 5.79. The van der Waals surface area contributed by atoms with E-state index < -0.39 is 18.1 Å². The van der Waals surface area contributed by atoms with E-state index in [4.69, 9.17) is 9.84 Å². The minimum absolute atomic E-state index is 0.0238. The van der Waals surface area contributed by atoms with Crippen LogP contribution in [-0.4, -0.2) is 40.1 Å². The van der Waals surface area contributed by atoms with Gasteiger partial charge in [0, 0.05) is 24.2 Å². The molecule has 0 fully saturated rings. The number of ether oxygens (including phenoxy) is 1. The Morgan fingerprint density at radius 1 is 1.16 bits per heavy atom. The molecule has 1 aliphatic carbocycles. The maximum Gasteiger partial charge on any atom is 0.407 e. The van der Waals surface area contributed by atoms with Crippen molar-refractivity contribution in [1.82, 2.24) is 15.1 Å². The molecule has 158 valence electrons. The van der Waals surface area contributed by atoms with Crippen molar-refractivity contribution in [3.8, 4) is 11.1 Å². The molecule has 0 aliphatic heterocycles. The van der Waals surface area contributed by atoms with Gasteiger partial charge in [-0.1, -0.05) is 60.7 Å². The Morgan fingerprint density at radius 2 is 1.81 bits per heavy atom. The summed E-state index contributed by atoms with van der Waals surface area (Å²) in [7, 11) is 0. The number of aromatic nitrogens is 2. The number of hydrogen-bond donors (Lipinski definition) is 2. The van der Waals surface area contributed by atoms with Gasteiger partial charge in [0.2, 0.25) is 0 Å². The lowest BCUT2D eigenvalue weighted by atomic mass is 9.98. The Hall–Kier alpha value is -3.87. The molecule has 31 heavy (non-hydrogen) atoms. The van der Waals surface area contributed by atoms with Gasteiger partial charge in [0.25, 0.3) is 0 Å². The second-order valence-corrected chi connectivity index (χ2v) is 7.38. The molecular formula is C24H23N3O4. The molecule has 0 bridgehead atoms. The SMILES string of the molecule is C[C@@H](C(=O)O)n1cc(C=CCNC(=O)OCC2c3ccccc3-c3ccccc32)cn1. The van der Waals surface area contributed by atoms with Gasteiger partial charge in [0.05, 0.1) is 6.20 Å². The highest BCUT2D eigenvalue weighted by Crippen LogP contribution is 2.44. The predicted molar refractivity (Wildman–Crippen MR) is 117 cm³/mol. The maximum atomic E-state index is 12.2. The highest BCUT2D eigenvalue weighted by Gasteiger charge is 2.28. The van der Waals surface area contributed by atoms with Crippen LogP contribution in [0.3, 0.4) is 0 Å². The molecule has 0 saturated carbocycles. The van der Waals surface area contributed by atoms with E-state index in [1.807, 2.05) is 24.3 Å². The van der Waals surface area contributed by atoms with Gasteiger partial charge in [-0.05, 0) is 29.2 Å². The van der Waals surface area contributed by atoms with E-state index in [1.165, 1.54) is 26.9 Å². The van der Waals surface area contributed by atoms with Crippen LogP contribution in [0.4, 0.5) is 4.79 Å². The van der Waals surface area contributed by atoms with Crippen LogP contribution in [-0.2, 0) is 9.53 Å². The van der Waals surface area contributed by atoms with Crippen molar-refractivity contribution in [2.75, 3.05) is 13.2 Å². The number of fused-ring (bicyclic) bond motifs is 3. The summed E-state index contributed by atoms with van der Waals surface area (Å²) in [5.74, 6) is -0.925. The maximum absolute atomic E-state index is 12.2. The first-order chi connectivity index (χ1) is 15.0. The molecular weight excluding hydrogens is 394 g/mol. The molecule has 3 aromatic rings. The number of carboxylic acid groups (broad SMARTS) is 1. The summed E-state index contributed by atoms with van der Waals surface area (Å²) < 4.78 is 6.86. The number of carbonyl (C=O) groups is 2. The van der Waals surface area contributed by atoms with E-state index in [1.54, 1.807) is 31.5 Å². The van der Waals surface area contributed by atoms with Gasteiger partial charge in [-0.15, -0.1) is 0 Å². The molecule has 1 aromatic heterocycles. The third-order valence-electron chi connectivity index (χ3n) is 5.39. The summed E-state index contributed by atoms with van der Waals surface area (Å²) in [4.78, 5) is 23.2. The second kappa shape index (κ2) is 8.87. The number of rotatable bonds is 7. The van der Waals surface area contributed by atoms with E-state index >= 15 is 0 Å². The molecule has 2 aromatic carbocycles. The lowest BCUT2D eigenvalue weighted by molar-refractivity contribution is -0.140. The normalized spacial score (nSPS) is 13.6. The lowest BCUT2D eigenvalue weighted by Crippen LogP contribution is -2.26. The van der Waals surface area contributed by atoms with Crippen molar-refractivity contribution in [2.24, 2.45) is 0 Å². The van der Waals surface area contributed by atoms with Crippen LogP contribution in [0.5, 0.6) is 0 Å². The topological polar surface area (TPSA) is 93.5 Å². The Bertz CT molecular complexity index is 1090.